The highest BCUT2D eigenvalue weighted by atomic mass is 32.2. The second-order valence-corrected chi connectivity index (χ2v) is 7.65. The predicted octanol–water partition coefficient (Wildman–Crippen LogP) is 5.11. The highest BCUT2D eigenvalue weighted by Crippen LogP contribution is 2.47. The van der Waals surface area contributed by atoms with Gasteiger partial charge in [0.2, 0.25) is 0 Å². The molecule has 1 atom stereocenters. The van der Waals surface area contributed by atoms with Gasteiger partial charge in [-0.05, 0) is 40.1 Å². The molecule has 5 rings (SSSR count). The van der Waals surface area contributed by atoms with Crippen molar-refractivity contribution in [3.05, 3.63) is 88.9 Å². The summed E-state index contributed by atoms with van der Waals surface area (Å²) in [5.74, 6) is 0.877. The minimum absolute atomic E-state index is 0.136. The van der Waals surface area contributed by atoms with Crippen LogP contribution in [0.25, 0.3) is 10.8 Å². The van der Waals surface area contributed by atoms with Crippen molar-refractivity contribution in [2.45, 2.75) is 5.92 Å². The van der Waals surface area contributed by atoms with E-state index in [2.05, 4.69) is 29.6 Å². The summed E-state index contributed by atoms with van der Waals surface area (Å²) in [7, 11) is 0. The number of halogens is 1. The van der Waals surface area contributed by atoms with E-state index in [9.17, 15) is 9.18 Å². The van der Waals surface area contributed by atoms with Crippen molar-refractivity contribution in [1.82, 2.24) is 0 Å². The molecule has 4 heteroatoms. The van der Waals surface area contributed by atoms with Gasteiger partial charge in [0.05, 0.1) is 5.75 Å². The molecule has 0 saturated carbocycles. The molecule has 2 nitrogen and oxygen atoms in total. The Balaban J connectivity index is 1.85. The Kier molecular flexibility index (Phi) is 3.61. The van der Waals surface area contributed by atoms with Crippen LogP contribution in [0.5, 0.6) is 0 Å². The van der Waals surface area contributed by atoms with Crippen LogP contribution in [0.1, 0.15) is 17.0 Å². The molecule has 0 amide bonds. The first kappa shape index (κ1) is 15.6. The molecule has 2 heterocycles. The number of nitrogens with one attached hydrogen (secondary N) is 1. The van der Waals surface area contributed by atoms with E-state index in [0.29, 0.717) is 5.75 Å². The molecule has 1 unspecified atom stereocenters. The molecule has 1 N–H and O–H groups in total. The Hall–Kier alpha value is -2.59. The van der Waals surface area contributed by atoms with E-state index in [-0.39, 0.29) is 17.5 Å². The third-order valence-corrected chi connectivity index (χ3v) is 6.08. The van der Waals surface area contributed by atoms with Crippen LogP contribution in [0.3, 0.4) is 0 Å². The van der Waals surface area contributed by atoms with E-state index < -0.39 is 0 Å². The number of rotatable bonds is 1. The molecule has 0 spiro atoms. The van der Waals surface area contributed by atoms with Crippen molar-refractivity contribution >= 4 is 34.0 Å². The number of fused-ring (bicyclic) bond motifs is 3. The Morgan fingerprint density at radius 1 is 1.00 bits per heavy atom. The first-order chi connectivity index (χ1) is 12.7. The van der Waals surface area contributed by atoms with E-state index in [4.69, 9.17) is 0 Å². The van der Waals surface area contributed by atoms with Crippen molar-refractivity contribution in [3.63, 3.8) is 0 Å². The lowest BCUT2D eigenvalue weighted by atomic mass is 9.77. The number of carbonyl (C=O) groups excluding carboxylic acids is 1. The maximum atomic E-state index is 14.0. The number of hydrogen-bond donors (Lipinski definition) is 1. The van der Waals surface area contributed by atoms with Crippen LogP contribution in [-0.2, 0) is 4.79 Å². The molecule has 2 aliphatic heterocycles. The SMILES string of the molecule is O=C1CSCC2=C1C(c1cccc(F)c1)c1c(ccc3ccccc13)N2. The molecule has 0 aliphatic carbocycles. The molecule has 128 valence electrons. The third kappa shape index (κ3) is 2.36. The fourth-order valence-corrected chi connectivity index (χ4v) is 4.92. The van der Waals surface area contributed by atoms with E-state index in [1.54, 1.807) is 23.9 Å². The van der Waals surface area contributed by atoms with E-state index >= 15 is 0 Å². The number of ketones is 1. The Morgan fingerprint density at radius 2 is 1.88 bits per heavy atom. The molecule has 3 aromatic rings. The first-order valence-corrected chi connectivity index (χ1v) is 9.76. The number of allylic oxidation sites excluding steroid dienone is 1. The zero-order valence-corrected chi connectivity index (χ0v) is 14.8. The Morgan fingerprint density at radius 3 is 2.77 bits per heavy atom. The Labute approximate surface area is 155 Å². The normalized spacial score (nSPS) is 19.1. The largest absolute Gasteiger partial charge is 0.358 e. The third-order valence-electron chi connectivity index (χ3n) is 5.12. The average molecular weight is 361 g/mol. The zero-order valence-electron chi connectivity index (χ0n) is 14.0. The van der Waals surface area contributed by atoms with Gasteiger partial charge in [-0.3, -0.25) is 4.79 Å². The van der Waals surface area contributed by atoms with Crippen molar-refractivity contribution < 1.29 is 9.18 Å². The number of carbonyl (C=O) groups is 1. The standard InChI is InChI=1S/C22H16FNOS/c23-15-6-3-5-14(10-15)20-21-16-7-2-1-4-13(16)8-9-17(21)24-18-11-26-12-19(25)22(18)20/h1-10,20,24H,11-12H2. The Bertz CT molecular complexity index is 1090. The summed E-state index contributed by atoms with van der Waals surface area (Å²) in [4.78, 5) is 12.8. The maximum absolute atomic E-state index is 14.0. The van der Waals surface area contributed by atoms with Gasteiger partial charge in [-0.25, -0.2) is 4.39 Å². The van der Waals surface area contributed by atoms with Gasteiger partial charge in [0, 0.05) is 28.6 Å². The maximum Gasteiger partial charge on any atom is 0.171 e. The fraction of sp³-hybridized carbons (Fsp3) is 0.136. The van der Waals surface area contributed by atoms with Crippen LogP contribution in [0.15, 0.2) is 71.9 Å². The van der Waals surface area contributed by atoms with Crippen LogP contribution >= 0.6 is 11.8 Å². The summed E-state index contributed by atoms with van der Waals surface area (Å²) in [5.41, 5.74) is 4.65. The summed E-state index contributed by atoms with van der Waals surface area (Å²) >= 11 is 1.62. The van der Waals surface area contributed by atoms with E-state index in [1.807, 2.05) is 18.2 Å². The molecular formula is C22H16FNOS. The van der Waals surface area contributed by atoms with Gasteiger partial charge in [-0.1, -0.05) is 42.5 Å². The molecule has 3 aromatic carbocycles. The number of thioether (sulfide) groups is 1. The molecule has 0 bridgehead atoms. The van der Waals surface area contributed by atoms with Gasteiger partial charge in [-0.15, -0.1) is 11.8 Å². The molecule has 0 aromatic heterocycles. The number of benzene rings is 3. The summed E-state index contributed by atoms with van der Waals surface area (Å²) in [6, 6.07) is 19.0. The summed E-state index contributed by atoms with van der Waals surface area (Å²) in [6.45, 7) is 0. The highest BCUT2D eigenvalue weighted by Gasteiger charge is 2.36. The monoisotopic (exact) mass is 361 g/mol. The topological polar surface area (TPSA) is 29.1 Å². The molecule has 0 radical (unpaired) electrons. The second-order valence-electron chi connectivity index (χ2n) is 6.67. The molecule has 26 heavy (non-hydrogen) atoms. The van der Waals surface area contributed by atoms with Crippen molar-refractivity contribution in [1.29, 1.82) is 0 Å². The minimum Gasteiger partial charge on any atom is -0.358 e. The summed E-state index contributed by atoms with van der Waals surface area (Å²) in [6.07, 6.45) is 0. The van der Waals surface area contributed by atoms with Crippen LogP contribution in [0, 0.1) is 5.82 Å². The lowest BCUT2D eigenvalue weighted by Crippen LogP contribution is -2.29. The van der Waals surface area contributed by atoms with Crippen LogP contribution in [0.4, 0.5) is 10.1 Å². The van der Waals surface area contributed by atoms with E-state index in [1.165, 1.54) is 6.07 Å². The smallest absolute Gasteiger partial charge is 0.171 e. The van der Waals surface area contributed by atoms with Gasteiger partial charge in [0.25, 0.3) is 0 Å². The quantitative estimate of drug-likeness (QED) is 0.653. The lowest BCUT2D eigenvalue weighted by molar-refractivity contribution is -0.113. The number of anilines is 1. The van der Waals surface area contributed by atoms with Gasteiger partial charge < -0.3 is 5.32 Å². The molecule has 0 saturated heterocycles. The van der Waals surface area contributed by atoms with Crippen LogP contribution in [-0.4, -0.2) is 17.3 Å². The minimum atomic E-state index is -0.275. The molecule has 2 aliphatic rings. The summed E-state index contributed by atoms with van der Waals surface area (Å²) < 4.78 is 14.0. The van der Waals surface area contributed by atoms with E-state index in [0.717, 1.165) is 44.6 Å². The van der Waals surface area contributed by atoms with Crippen molar-refractivity contribution in [3.8, 4) is 0 Å². The lowest BCUT2D eigenvalue weighted by Gasteiger charge is -2.34. The van der Waals surface area contributed by atoms with Crippen molar-refractivity contribution in [2.75, 3.05) is 16.8 Å². The zero-order chi connectivity index (χ0) is 17.7. The van der Waals surface area contributed by atoms with Crippen LogP contribution < -0.4 is 5.32 Å². The summed E-state index contributed by atoms with van der Waals surface area (Å²) in [5, 5.41) is 5.70. The molecule has 0 fully saturated rings. The van der Waals surface area contributed by atoms with Gasteiger partial charge in [-0.2, -0.15) is 0 Å². The van der Waals surface area contributed by atoms with Gasteiger partial charge in [0.1, 0.15) is 5.82 Å². The first-order valence-electron chi connectivity index (χ1n) is 8.60. The van der Waals surface area contributed by atoms with Crippen LogP contribution in [0.2, 0.25) is 0 Å². The van der Waals surface area contributed by atoms with Gasteiger partial charge in [0.15, 0.2) is 5.78 Å². The fourth-order valence-electron chi connectivity index (χ4n) is 4.05. The number of hydrogen-bond acceptors (Lipinski definition) is 3. The van der Waals surface area contributed by atoms with Gasteiger partial charge >= 0.3 is 0 Å². The molecular weight excluding hydrogens is 345 g/mol. The highest BCUT2D eigenvalue weighted by molar-refractivity contribution is 8.00. The number of Topliss-reactive ketones (excluding diaryl/α,β-unsaturated/α-hetero) is 1. The second kappa shape index (κ2) is 5.99. The average Bonchev–Trinajstić information content (AvgIpc) is 2.66. The predicted molar refractivity (Wildman–Crippen MR) is 105 cm³/mol. The van der Waals surface area contributed by atoms with Crippen molar-refractivity contribution in [2.24, 2.45) is 0 Å².